The molecule has 2 rings (SSSR count). The molecule has 0 spiro atoms. The molecule has 1 aromatic carbocycles. The first-order valence-electron chi connectivity index (χ1n) is 6.41. The van der Waals surface area contributed by atoms with Crippen LogP contribution in [0.2, 0.25) is 0 Å². The molecule has 8 heteroatoms. The number of carbonyl (C=O) groups excluding carboxylic acids is 1. The van der Waals surface area contributed by atoms with E-state index in [2.05, 4.69) is 5.32 Å². The fourth-order valence-electron chi connectivity index (χ4n) is 2.45. The van der Waals surface area contributed by atoms with Crippen LogP contribution in [-0.4, -0.2) is 41.0 Å². The second kappa shape index (κ2) is 5.78. The van der Waals surface area contributed by atoms with Crippen LogP contribution in [0.15, 0.2) is 18.2 Å². The topological polar surface area (TPSA) is 113 Å². The van der Waals surface area contributed by atoms with Crippen molar-refractivity contribution in [1.82, 2.24) is 5.32 Å². The Hall–Kier alpha value is -2.64. The summed E-state index contributed by atoms with van der Waals surface area (Å²) in [7, 11) is 0. The number of aliphatic carboxylic acids is 1. The highest BCUT2D eigenvalue weighted by atomic mass is 16.6. The SMILES string of the molecule is Cc1cc([N+](=O)[O-])ccc1N1CCNC(=O)C1CC(=O)O. The van der Waals surface area contributed by atoms with E-state index in [0.29, 0.717) is 24.3 Å². The second-order valence-electron chi connectivity index (χ2n) is 4.83. The summed E-state index contributed by atoms with van der Waals surface area (Å²) >= 11 is 0. The molecule has 1 fully saturated rings. The Bertz CT molecular complexity index is 601. The number of hydrogen-bond acceptors (Lipinski definition) is 5. The van der Waals surface area contributed by atoms with Gasteiger partial charge in [0.05, 0.1) is 11.3 Å². The summed E-state index contributed by atoms with van der Waals surface area (Å²) in [6.07, 6.45) is -0.317. The minimum absolute atomic E-state index is 0.0347. The Morgan fingerprint density at radius 3 is 2.86 bits per heavy atom. The lowest BCUT2D eigenvalue weighted by Gasteiger charge is -2.36. The number of amides is 1. The van der Waals surface area contributed by atoms with Crippen molar-refractivity contribution >= 4 is 23.3 Å². The number of non-ortho nitro benzene ring substituents is 1. The Morgan fingerprint density at radius 1 is 1.57 bits per heavy atom. The lowest BCUT2D eigenvalue weighted by atomic mass is 10.0. The minimum Gasteiger partial charge on any atom is -0.481 e. The van der Waals surface area contributed by atoms with Gasteiger partial charge in [0.1, 0.15) is 6.04 Å². The molecule has 0 saturated carbocycles. The fourth-order valence-corrected chi connectivity index (χ4v) is 2.45. The van der Waals surface area contributed by atoms with Crippen LogP contribution in [0.1, 0.15) is 12.0 Å². The Balaban J connectivity index is 2.35. The number of nitrogens with one attached hydrogen (secondary N) is 1. The van der Waals surface area contributed by atoms with Gasteiger partial charge in [0.15, 0.2) is 0 Å². The van der Waals surface area contributed by atoms with Crippen LogP contribution in [0, 0.1) is 17.0 Å². The first kappa shape index (κ1) is 14.8. The third-order valence-corrected chi connectivity index (χ3v) is 3.40. The van der Waals surface area contributed by atoms with Crippen LogP contribution in [0.5, 0.6) is 0 Å². The Morgan fingerprint density at radius 2 is 2.29 bits per heavy atom. The summed E-state index contributed by atoms with van der Waals surface area (Å²) in [5.74, 6) is -1.41. The van der Waals surface area contributed by atoms with Crippen molar-refractivity contribution in [3.8, 4) is 0 Å². The number of piperazine rings is 1. The van der Waals surface area contributed by atoms with E-state index in [9.17, 15) is 19.7 Å². The zero-order chi connectivity index (χ0) is 15.6. The van der Waals surface area contributed by atoms with Gasteiger partial charge in [0, 0.05) is 30.9 Å². The lowest BCUT2D eigenvalue weighted by Crippen LogP contribution is -2.56. The molecule has 21 heavy (non-hydrogen) atoms. The van der Waals surface area contributed by atoms with Gasteiger partial charge < -0.3 is 15.3 Å². The van der Waals surface area contributed by atoms with E-state index in [1.165, 1.54) is 12.1 Å². The van der Waals surface area contributed by atoms with Gasteiger partial charge in [-0.15, -0.1) is 0 Å². The molecule has 1 unspecified atom stereocenters. The van der Waals surface area contributed by atoms with Gasteiger partial charge in [0.2, 0.25) is 5.91 Å². The smallest absolute Gasteiger partial charge is 0.305 e. The van der Waals surface area contributed by atoms with Gasteiger partial charge in [-0.2, -0.15) is 0 Å². The maximum Gasteiger partial charge on any atom is 0.305 e. The average molecular weight is 293 g/mol. The molecule has 1 aromatic rings. The molecule has 0 aliphatic carbocycles. The van der Waals surface area contributed by atoms with Gasteiger partial charge in [-0.25, -0.2) is 0 Å². The van der Waals surface area contributed by atoms with Gasteiger partial charge in [0.25, 0.3) is 5.69 Å². The van der Waals surface area contributed by atoms with Crippen molar-refractivity contribution in [2.45, 2.75) is 19.4 Å². The summed E-state index contributed by atoms with van der Waals surface area (Å²) in [6.45, 7) is 2.57. The molecular weight excluding hydrogens is 278 g/mol. The van der Waals surface area contributed by atoms with E-state index in [-0.39, 0.29) is 18.0 Å². The molecule has 1 atom stereocenters. The summed E-state index contributed by atoms with van der Waals surface area (Å²) in [5, 5.41) is 22.3. The van der Waals surface area contributed by atoms with Gasteiger partial charge >= 0.3 is 5.97 Å². The molecule has 0 aromatic heterocycles. The lowest BCUT2D eigenvalue weighted by molar-refractivity contribution is -0.384. The minimum atomic E-state index is -1.07. The van der Waals surface area contributed by atoms with E-state index in [1.54, 1.807) is 17.9 Å². The highest BCUT2D eigenvalue weighted by Crippen LogP contribution is 2.28. The average Bonchev–Trinajstić information content (AvgIpc) is 2.41. The zero-order valence-electron chi connectivity index (χ0n) is 11.4. The van der Waals surface area contributed by atoms with E-state index >= 15 is 0 Å². The summed E-state index contributed by atoms with van der Waals surface area (Å²) in [4.78, 5) is 34.7. The predicted molar refractivity (Wildman–Crippen MR) is 74.2 cm³/mol. The number of nitrogens with zero attached hydrogens (tertiary/aromatic N) is 2. The monoisotopic (exact) mass is 293 g/mol. The first-order valence-corrected chi connectivity index (χ1v) is 6.41. The number of nitro groups is 1. The van der Waals surface area contributed by atoms with Crippen molar-refractivity contribution in [2.75, 3.05) is 18.0 Å². The second-order valence-corrected chi connectivity index (χ2v) is 4.83. The number of nitro benzene ring substituents is 1. The predicted octanol–water partition coefficient (Wildman–Crippen LogP) is 0.683. The summed E-state index contributed by atoms with van der Waals surface area (Å²) in [5.41, 5.74) is 1.24. The van der Waals surface area contributed by atoms with E-state index in [0.717, 1.165) is 0 Å². The number of aryl methyl sites for hydroxylation is 1. The van der Waals surface area contributed by atoms with E-state index in [1.807, 2.05) is 0 Å². The Kier molecular flexibility index (Phi) is 4.06. The van der Waals surface area contributed by atoms with Gasteiger partial charge in [-0.05, 0) is 18.6 Å². The largest absolute Gasteiger partial charge is 0.481 e. The van der Waals surface area contributed by atoms with E-state index in [4.69, 9.17) is 5.11 Å². The number of carboxylic acid groups (broad SMARTS) is 1. The van der Waals surface area contributed by atoms with Gasteiger partial charge in [-0.1, -0.05) is 0 Å². The summed E-state index contributed by atoms with van der Waals surface area (Å²) in [6, 6.07) is 3.52. The van der Waals surface area contributed by atoms with Crippen LogP contribution < -0.4 is 10.2 Å². The van der Waals surface area contributed by atoms with Crippen molar-refractivity contribution in [2.24, 2.45) is 0 Å². The quantitative estimate of drug-likeness (QED) is 0.623. The number of carbonyl (C=O) groups is 2. The number of hydrogen-bond donors (Lipinski definition) is 2. The third-order valence-electron chi connectivity index (χ3n) is 3.40. The molecule has 1 heterocycles. The molecule has 0 radical (unpaired) electrons. The third kappa shape index (κ3) is 3.10. The van der Waals surface area contributed by atoms with Crippen molar-refractivity contribution in [3.05, 3.63) is 33.9 Å². The highest BCUT2D eigenvalue weighted by Gasteiger charge is 2.32. The fraction of sp³-hybridized carbons (Fsp3) is 0.385. The van der Waals surface area contributed by atoms with Crippen LogP contribution in [0.4, 0.5) is 11.4 Å². The molecule has 1 amide bonds. The Labute approximate surface area is 120 Å². The van der Waals surface area contributed by atoms with Crippen LogP contribution in [0.25, 0.3) is 0 Å². The maximum atomic E-state index is 11.9. The zero-order valence-corrected chi connectivity index (χ0v) is 11.4. The van der Waals surface area contributed by atoms with E-state index < -0.39 is 16.9 Å². The number of anilines is 1. The normalized spacial score (nSPS) is 18.2. The van der Waals surface area contributed by atoms with Crippen molar-refractivity contribution < 1.29 is 19.6 Å². The van der Waals surface area contributed by atoms with Crippen molar-refractivity contribution in [3.63, 3.8) is 0 Å². The van der Waals surface area contributed by atoms with Crippen molar-refractivity contribution in [1.29, 1.82) is 0 Å². The molecule has 2 N–H and O–H groups in total. The number of rotatable bonds is 4. The molecule has 1 aliphatic heterocycles. The first-order chi connectivity index (χ1) is 9.90. The van der Waals surface area contributed by atoms with Crippen LogP contribution >= 0.6 is 0 Å². The molecular formula is C13H15N3O5. The van der Waals surface area contributed by atoms with Crippen LogP contribution in [-0.2, 0) is 9.59 Å². The highest BCUT2D eigenvalue weighted by molar-refractivity contribution is 5.90. The van der Waals surface area contributed by atoms with Crippen LogP contribution in [0.3, 0.4) is 0 Å². The maximum absolute atomic E-state index is 11.9. The summed E-state index contributed by atoms with van der Waals surface area (Å²) < 4.78 is 0. The molecule has 8 nitrogen and oxygen atoms in total. The number of carboxylic acids is 1. The molecule has 1 saturated heterocycles. The molecule has 112 valence electrons. The standard InChI is InChI=1S/C13H15N3O5/c1-8-6-9(16(20)21)2-3-10(8)15-5-4-14-13(19)11(15)7-12(17)18/h2-3,6,11H,4-5,7H2,1H3,(H,14,19)(H,17,18). The van der Waals surface area contributed by atoms with Gasteiger partial charge in [-0.3, -0.25) is 19.7 Å². The number of benzene rings is 1. The molecule has 0 bridgehead atoms. The molecule has 1 aliphatic rings.